The zero-order valence-corrected chi connectivity index (χ0v) is 15.9. The van der Waals surface area contributed by atoms with Crippen LogP contribution < -0.4 is 15.5 Å². The lowest BCUT2D eigenvalue weighted by molar-refractivity contribution is -0.121. The highest BCUT2D eigenvalue weighted by molar-refractivity contribution is 9.10. The van der Waals surface area contributed by atoms with E-state index in [1.807, 2.05) is 7.05 Å². The Kier molecular flexibility index (Phi) is 10.9. The summed E-state index contributed by atoms with van der Waals surface area (Å²) in [4.78, 5) is 14.0. The molecule has 1 heterocycles. The maximum atomic E-state index is 11.6. The van der Waals surface area contributed by atoms with Gasteiger partial charge in [0.05, 0.1) is 0 Å². The molecule has 2 N–H and O–H groups in total. The first-order valence-corrected chi connectivity index (χ1v) is 7.90. The minimum absolute atomic E-state index is 0. The largest absolute Gasteiger partial charge is 0.371 e. The van der Waals surface area contributed by atoms with Gasteiger partial charge in [0.15, 0.2) is 0 Å². The number of benzene rings is 1. The Balaban J connectivity index is 0.00000220. The normalized spacial score (nSPS) is 16.6. The van der Waals surface area contributed by atoms with E-state index in [0.717, 1.165) is 37.1 Å². The first-order chi connectivity index (χ1) is 9.69. The fourth-order valence-corrected chi connectivity index (χ4v) is 2.74. The van der Waals surface area contributed by atoms with Gasteiger partial charge in [-0.25, -0.2) is 0 Å². The maximum absolute atomic E-state index is 11.6. The number of halogens is 3. The van der Waals surface area contributed by atoms with Crippen LogP contribution in [-0.2, 0) is 4.79 Å². The van der Waals surface area contributed by atoms with Crippen molar-refractivity contribution in [3.8, 4) is 0 Å². The minimum atomic E-state index is 0. The number of anilines is 1. The van der Waals surface area contributed by atoms with Crippen LogP contribution >= 0.6 is 40.7 Å². The molecule has 126 valence electrons. The molecule has 0 aromatic heterocycles. The maximum Gasteiger partial charge on any atom is 0.221 e. The molecule has 0 bridgehead atoms. The van der Waals surface area contributed by atoms with E-state index in [1.54, 1.807) is 0 Å². The molecule has 1 aromatic rings. The van der Waals surface area contributed by atoms with Crippen LogP contribution in [0.2, 0.25) is 0 Å². The fraction of sp³-hybridized carbons (Fsp3) is 0.533. The summed E-state index contributed by atoms with van der Waals surface area (Å²) in [7, 11) is 1.86. The van der Waals surface area contributed by atoms with Crippen molar-refractivity contribution < 1.29 is 4.79 Å². The van der Waals surface area contributed by atoms with Gasteiger partial charge >= 0.3 is 0 Å². The number of hydrogen-bond acceptors (Lipinski definition) is 3. The lowest BCUT2D eigenvalue weighted by atomic mass is 10.1. The molecular formula is C15H24BrCl2N3O. The SMILES string of the molecule is CNCCC(=O)NCC1CCN(c2ccc(Br)cc2)C1.Cl.Cl. The third-order valence-corrected chi connectivity index (χ3v) is 4.20. The second kappa shape index (κ2) is 11.1. The fourth-order valence-electron chi connectivity index (χ4n) is 2.47. The Morgan fingerprint density at radius 1 is 1.32 bits per heavy atom. The molecule has 0 saturated carbocycles. The van der Waals surface area contributed by atoms with Gasteiger partial charge in [0.2, 0.25) is 5.91 Å². The molecule has 1 amide bonds. The molecule has 22 heavy (non-hydrogen) atoms. The molecule has 7 heteroatoms. The van der Waals surface area contributed by atoms with E-state index in [2.05, 4.69) is 55.7 Å². The summed E-state index contributed by atoms with van der Waals surface area (Å²) in [5.41, 5.74) is 1.26. The van der Waals surface area contributed by atoms with E-state index in [4.69, 9.17) is 0 Å². The van der Waals surface area contributed by atoms with Crippen molar-refractivity contribution in [2.45, 2.75) is 12.8 Å². The summed E-state index contributed by atoms with van der Waals surface area (Å²) in [6.45, 7) is 3.61. The van der Waals surface area contributed by atoms with Gasteiger partial charge < -0.3 is 15.5 Å². The van der Waals surface area contributed by atoms with E-state index >= 15 is 0 Å². The third kappa shape index (κ3) is 6.73. The van der Waals surface area contributed by atoms with Crippen molar-refractivity contribution in [1.82, 2.24) is 10.6 Å². The lowest BCUT2D eigenvalue weighted by Gasteiger charge is -2.19. The molecule has 1 saturated heterocycles. The molecule has 4 nitrogen and oxygen atoms in total. The van der Waals surface area contributed by atoms with Gasteiger partial charge in [0.25, 0.3) is 0 Å². The van der Waals surface area contributed by atoms with Crippen LogP contribution in [0.1, 0.15) is 12.8 Å². The number of hydrogen-bond donors (Lipinski definition) is 2. The Morgan fingerprint density at radius 3 is 2.64 bits per heavy atom. The Labute approximate surface area is 153 Å². The standard InChI is InChI=1S/C15H22BrN3O.2ClH/c1-17-8-6-15(20)18-10-12-7-9-19(11-12)14-4-2-13(16)3-5-14;;/h2-5,12,17H,6-11H2,1H3,(H,18,20);2*1H. The van der Waals surface area contributed by atoms with Crippen molar-refractivity contribution in [2.24, 2.45) is 5.92 Å². The lowest BCUT2D eigenvalue weighted by Crippen LogP contribution is -2.32. The van der Waals surface area contributed by atoms with E-state index in [1.165, 1.54) is 5.69 Å². The minimum Gasteiger partial charge on any atom is -0.371 e. The summed E-state index contributed by atoms with van der Waals surface area (Å²) < 4.78 is 1.11. The highest BCUT2D eigenvalue weighted by Gasteiger charge is 2.22. The van der Waals surface area contributed by atoms with Gasteiger partial charge in [-0.1, -0.05) is 15.9 Å². The molecule has 1 fully saturated rings. The van der Waals surface area contributed by atoms with Gasteiger partial charge in [0, 0.05) is 42.8 Å². The average Bonchev–Trinajstić information content (AvgIpc) is 2.92. The molecule has 2 rings (SSSR count). The summed E-state index contributed by atoms with van der Waals surface area (Å²) in [6.07, 6.45) is 1.70. The second-order valence-corrected chi connectivity index (χ2v) is 6.15. The molecule has 1 atom stereocenters. The first kappa shape index (κ1) is 21.5. The van der Waals surface area contributed by atoms with Crippen molar-refractivity contribution in [1.29, 1.82) is 0 Å². The highest BCUT2D eigenvalue weighted by atomic mass is 79.9. The zero-order chi connectivity index (χ0) is 14.4. The van der Waals surface area contributed by atoms with Crippen LogP contribution in [0.25, 0.3) is 0 Å². The molecule has 0 radical (unpaired) electrons. The second-order valence-electron chi connectivity index (χ2n) is 5.23. The number of nitrogens with one attached hydrogen (secondary N) is 2. The number of rotatable bonds is 6. The van der Waals surface area contributed by atoms with Gasteiger partial charge in [0.1, 0.15) is 0 Å². The number of nitrogens with zero attached hydrogens (tertiary/aromatic N) is 1. The average molecular weight is 413 g/mol. The van der Waals surface area contributed by atoms with Crippen LogP contribution in [0, 0.1) is 5.92 Å². The molecule has 1 aliphatic heterocycles. The Bertz CT molecular complexity index is 445. The predicted molar refractivity (Wildman–Crippen MR) is 101 cm³/mol. The number of amides is 1. The van der Waals surface area contributed by atoms with Gasteiger partial charge in [-0.05, 0) is 43.7 Å². The highest BCUT2D eigenvalue weighted by Crippen LogP contribution is 2.24. The number of carbonyl (C=O) groups is 1. The quantitative estimate of drug-likeness (QED) is 0.754. The molecule has 0 spiro atoms. The van der Waals surface area contributed by atoms with Crippen molar-refractivity contribution in [2.75, 3.05) is 38.1 Å². The molecule has 0 aliphatic carbocycles. The smallest absolute Gasteiger partial charge is 0.221 e. The van der Waals surface area contributed by atoms with Gasteiger partial charge in [-0.2, -0.15) is 0 Å². The van der Waals surface area contributed by atoms with E-state index < -0.39 is 0 Å². The summed E-state index contributed by atoms with van der Waals surface area (Å²) in [5, 5.41) is 6.01. The van der Waals surface area contributed by atoms with E-state index in [9.17, 15) is 4.79 Å². The monoisotopic (exact) mass is 411 g/mol. The van der Waals surface area contributed by atoms with Crippen LogP contribution in [0.15, 0.2) is 28.7 Å². The predicted octanol–water partition coefficient (Wildman–Crippen LogP) is 2.84. The van der Waals surface area contributed by atoms with Gasteiger partial charge in [-0.3, -0.25) is 4.79 Å². The molecule has 1 aromatic carbocycles. The topological polar surface area (TPSA) is 44.4 Å². The van der Waals surface area contributed by atoms with E-state index in [0.29, 0.717) is 12.3 Å². The van der Waals surface area contributed by atoms with Crippen LogP contribution in [0.4, 0.5) is 5.69 Å². The third-order valence-electron chi connectivity index (χ3n) is 3.67. The van der Waals surface area contributed by atoms with Gasteiger partial charge in [-0.15, -0.1) is 24.8 Å². The summed E-state index contributed by atoms with van der Waals surface area (Å²) in [6, 6.07) is 8.42. The van der Waals surface area contributed by atoms with Crippen LogP contribution in [0.5, 0.6) is 0 Å². The Hall–Kier alpha value is -0.490. The molecular weight excluding hydrogens is 389 g/mol. The van der Waals surface area contributed by atoms with E-state index in [-0.39, 0.29) is 30.7 Å². The van der Waals surface area contributed by atoms with Crippen molar-refractivity contribution in [3.05, 3.63) is 28.7 Å². The zero-order valence-electron chi connectivity index (χ0n) is 12.7. The number of carbonyl (C=O) groups excluding carboxylic acids is 1. The molecule has 1 aliphatic rings. The van der Waals surface area contributed by atoms with Crippen LogP contribution in [0.3, 0.4) is 0 Å². The van der Waals surface area contributed by atoms with Crippen molar-refractivity contribution in [3.63, 3.8) is 0 Å². The van der Waals surface area contributed by atoms with Crippen LogP contribution in [-0.4, -0.2) is 39.1 Å². The van der Waals surface area contributed by atoms with Crippen molar-refractivity contribution >= 4 is 52.3 Å². The summed E-state index contributed by atoms with van der Waals surface area (Å²) >= 11 is 3.46. The molecule has 1 unspecified atom stereocenters. The first-order valence-electron chi connectivity index (χ1n) is 7.11. The summed E-state index contributed by atoms with van der Waals surface area (Å²) in [5.74, 6) is 0.693. The Morgan fingerprint density at radius 2 is 2.00 bits per heavy atom.